The summed E-state index contributed by atoms with van der Waals surface area (Å²) in [5.74, 6) is 13.6. The van der Waals surface area contributed by atoms with Gasteiger partial charge in [-0.15, -0.1) is 0 Å². The lowest BCUT2D eigenvalue weighted by Gasteiger charge is -2.73. The van der Waals surface area contributed by atoms with Gasteiger partial charge >= 0.3 is 0 Å². The molecule has 0 aromatic heterocycles. The van der Waals surface area contributed by atoms with Crippen molar-refractivity contribution >= 4 is 0 Å². The quantitative estimate of drug-likeness (QED) is 0.325. The first-order chi connectivity index (χ1) is 18.6. The minimum atomic E-state index is 0.459. The van der Waals surface area contributed by atoms with Gasteiger partial charge in [-0.05, 0) is 137 Å². The van der Waals surface area contributed by atoms with Gasteiger partial charge in [-0.1, -0.05) is 116 Å². The number of rotatable bonds is 4. The first-order valence-corrected chi connectivity index (χ1v) is 18.6. The van der Waals surface area contributed by atoms with Gasteiger partial charge in [0.05, 0.1) is 0 Å². The first-order valence-electron chi connectivity index (χ1n) is 18.6. The van der Waals surface area contributed by atoms with E-state index in [4.69, 9.17) is 0 Å². The second kappa shape index (κ2) is 10.9. The number of hydrogen-bond donors (Lipinski definition) is 0. The van der Waals surface area contributed by atoms with Gasteiger partial charge in [0.1, 0.15) is 0 Å². The Kier molecular flexibility index (Phi) is 8.53. The fraction of sp³-hybridized carbons (Fsp3) is 1.00. The van der Waals surface area contributed by atoms with Crippen molar-refractivity contribution in [3.63, 3.8) is 0 Å². The monoisotopic (exact) mass is 553 g/mol. The van der Waals surface area contributed by atoms with Crippen LogP contribution in [0.1, 0.15) is 148 Å². The smallest absolute Gasteiger partial charge is 0.0215 e. The highest BCUT2D eigenvalue weighted by Gasteiger charge is 2.68. The average Bonchev–Trinajstić information content (AvgIpc) is 2.85. The van der Waals surface area contributed by atoms with Crippen LogP contribution in [0.15, 0.2) is 0 Å². The molecule has 5 fully saturated rings. The molecule has 0 bridgehead atoms. The summed E-state index contributed by atoms with van der Waals surface area (Å²) in [5, 5.41) is 0. The summed E-state index contributed by atoms with van der Waals surface area (Å²) in [4.78, 5) is 0. The fourth-order valence-corrected chi connectivity index (χ4v) is 15.1. The lowest BCUT2D eigenvalue weighted by Crippen LogP contribution is -2.67. The molecule has 0 heteroatoms. The van der Waals surface area contributed by atoms with Crippen molar-refractivity contribution in [2.45, 2.75) is 148 Å². The summed E-state index contributed by atoms with van der Waals surface area (Å²) >= 11 is 0. The third-order valence-electron chi connectivity index (χ3n) is 16.8. The topological polar surface area (TPSA) is 0 Å². The molecule has 5 rings (SSSR count). The molecular weight excluding hydrogens is 480 g/mol. The van der Waals surface area contributed by atoms with Crippen molar-refractivity contribution in [1.82, 2.24) is 0 Å². The predicted octanol–water partition coefficient (Wildman–Crippen LogP) is 12.0. The van der Waals surface area contributed by atoms with Crippen molar-refractivity contribution in [3.05, 3.63) is 0 Å². The van der Waals surface area contributed by atoms with Gasteiger partial charge in [0.15, 0.2) is 0 Å². The molecule has 232 valence electrons. The Bertz CT molecular complexity index is 884. The van der Waals surface area contributed by atoms with Crippen LogP contribution in [0.5, 0.6) is 0 Å². The molecule has 40 heavy (non-hydrogen) atoms. The van der Waals surface area contributed by atoms with Gasteiger partial charge in [-0.25, -0.2) is 0 Å². The van der Waals surface area contributed by atoms with E-state index in [9.17, 15) is 0 Å². The van der Waals surface area contributed by atoms with Gasteiger partial charge in [0.25, 0.3) is 0 Å². The molecule has 0 amide bonds. The lowest BCUT2D eigenvalue weighted by atomic mass is 9.31. The van der Waals surface area contributed by atoms with Crippen LogP contribution < -0.4 is 0 Å². The van der Waals surface area contributed by atoms with Crippen LogP contribution in [0.25, 0.3) is 0 Å². The summed E-state index contributed by atoms with van der Waals surface area (Å²) in [5.41, 5.74) is 1.46. The second-order valence-electron chi connectivity index (χ2n) is 19.1. The Morgan fingerprint density at radius 2 is 1.38 bits per heavy atom. The molecule has 0 aromatic carbocycles. The normalized spacial score (nSPS) is 55.9. The number of hydrogen-bond acceptors (Lipinski definition) is 0. The first kappa shape index (κ1) is 31.4. The maximum atomic E-state index is 2.83. The van der Waals surface area contributed by atoms with Crippen molar-refractivity contribution < 1.29 is 0 Å². The maximum absolute atomic E-state index is 2.83. The van der Waals surface area contributed by atoms with Crippen LogP contribution in [-0.2, 0) is 0 Å². The second-order valence-corrected chi connectivity index (χ2v) is 19.1. The fourth-order valence-electron chi connectivity index (χ4n) is 15.1. The van der Waals surface area contributed by atoms with Gasteiger partial charge in [0, 0.05) is 0 Å². The molecule has 0 nitrogen and oxygen atoms in total. The molecule has 0 radical (unpaired) electrons. The summed E-state index contributed by atoms with van der Waals surface area (Å²) in [7, 11) is 0. The molecule has 5 aliphatic rings. The van der Waals surface area contributed by atoms with Gasteiger partial charge in [-0.2, -0.15) is 0 Å². The van der Waals surface area contributed by atoms with E-state index in [0.29, 0.717) is 16.2 Å². The minimum Gasteiger partial charge on any atom is -0.0625 e. The largest absolute Gasteiger partial charge is 0.0625 e. The molecule has 0 saturated heterocycles. The van der Waals surface area contributed by atoms with Crippen LogP contribution >= 0.6 is 0 Å². The molecule has 0 aromatic rings. The van der Waals surface area contributed by atoms with E-state index in [0.717, 1.165) is 88.8 Å². The summed E-state index contributed by atoms with van der Waals surface area (Å²) in [6.45, 7) is 34.5. The Balaban J connectivity index is 1.47. The zero-order valence-electron chi connectivity index (χ0n) is 29.5. The van der Waals surface area contributed by atoms with E-state index < -0.39 is 0 Å². The van der Waals surface area contributed by atoms with E-state index >= 15 is 0 Å². The van der Waals surface area contributed by atoms with Gasteiger partial charge in [-0.3, -0.25) is 0 Å². The number of fused-ring (bicyclic) bond motifs is 3. The predicted molar refractivity (Wildman–Crippen MR) is 175 cm³/mol. The van der Waals surface area contributed by atoms with Crippen LogP contribution in [-0.4, -0.2) is 0 Å². The highest BCUT2D eigenvalue weighted by molar-refractivity contribution is 5.17. The van der Waals surface area contributed by atoms with E-state index in [1.54, 1.807) is 12.8 Å². The molecule has 0 spiro atoms. The van der Waals surface area contributed by atoms with Crippen LogP contribution in [0.4, 0.5) is 0 Å². The highest BCUT2D eigenvalue weighted by Crippen LogP contribution is 2.75. The zero-order chi connectivity index (χ0) is 29.5. The zero-order valence-corrected chi connectivity index (χ0v) is 29.5. The molecule has 16 atom stereocenters. The van der Waals surface area contributed by atoms with Gasteiger partial charge < -0.3 is 0 Å². The summed E-state index contributed by atoms with van der Waals surface area (Å²) < 4.78 is 0. The van der Waals surface area contributed by atoms with Crippen molar-refractivity contribution in [2.75, 3.05) is 0 Å². The Hall–Kier alpha value is 0. The van der Waals surface area contributed by atoms with Crippen molar-refractivity contribution in [2.24, 2.45) is 105 Å². The van der Waals surface area contributed by atoms with Crippen molar-refractivity contribution in [1.29, 1.82) is 0 Å². The molecule has 0 heterocycles. The Labute approximate surface area is 252 Å². The molecule has 0 aliphatic heterocycles. The van der Waals surface area contributed by atoms with Crippen LogP contribution in [0.3, 0.4) is 0 Å². The third-order valence-corrected chi connectivity index (χ3v) is 16.8. The minimum absolute atomic E-state index is 0.459. The SMILES string of the molecule is CC(C)C(C)C1CCCC(C2CCC(C)C3C(C)C4C(C)C5(C)C(C)C(C(C)C)C(C)CC5(C)CC4(C)CC23)C1. The summed E-state index contributed by atoms with van der Waals surface area (Å²) in [6.07, 6.45) is 13.7. The van der Waals surface area contributed by atoms with E-state index in [1.807, 2.05) is 0 Å². The maximum Gasteiger partial charge on any atom is -0.0215 e. The Morgan fingerprint density at radius 1 is 0.700 bits per heavy atom. The van der Waals surface area contributed by atoms with Crippen molar-refractivity contribution in [3.8, 4) is 0 Å². The average molecular weight is 553 g/mol. The van der Waals surface area contributed by atoms with Crippen LogP contribution in [0.2, 0.25) is 0 Å². The molecule has 0 N–H and O–H groups in total. The summed E-state index contributed by atoms with van der Waals surface area (Å²) in [6, 6.07) is 0. The molecule has 5 saturated carbocycles. The molecule has 16 unspecified atom stereocenters. The lowest BCUT2D eigenvalue weighted by molar-refractivity contribution is -0.249. The third kappa shape index (κ3) is 4.63. The van der Waals surface area contributed by atoms with E-state index in [2.05, 4.69) is 90.0 Å². The molecule has 5 aliphatic carbocycles. The standard InChI is InChI=1S/C40H72/c1-23(2)27(7)31-15-14-16-32(19-31)33-18-17-25(5)36-28(8)37-30(10)40(13)29(9)35(24(3)4)26(6)20-39(40,12)22-38(37,11)21-34(33)36/h23-37H,14-22H2,1-13H3. The van der Waals surface area contributed by atoms with E-state index in [1.165, 1.54) is 44.9 Å². The Morgan fingerprint density at radius 3 is 2.00 bits per heavy atom. The van der Waals surface area contributed by atoms with E-state index in [-0.39, 0.29) is 0 Å². The molecular formula is C40H72. The highest BCUT2D eigenvalue weighted by atomic mass is 14.7. The van der Waals surface area contributed by atoms with Gasteiger partial charge in [0.2, 0.25) is 0 Å². The van der Waals surface area contributed by atoms with Crippen LogP contribution in [0, 0.1) is 105 Å².